The molecular formula is C26H29N7O2S. The van der Waals surface area contributed by atoms with Crippen molar-refractivity contribution < 1.29 is 9.53 Å². The molecular weight excluding hydrogens is 474 g/mol. The molecule has 36 heavy (non-hydrogen) atoms. The number of anilines is 2. The summed E-state index contributed by atoms with van der Waals surface area (Å²) >= 11 is 1.70. The lowest BCUT2D eigenvalue weighted by molar-refractivity contribution is -0.143. The van der Waals surface area contributed by atoms with Crippen LogP contribution in [0.3, 0.4) is 0 Å². The molecule has 0 amide bonds. The summed E-state index contributed by atoms with van der Waals surface area (Å²) in [7, 11) is 0. The largest absolute Gasteiger partial charge is 0.466 e. The lowest BCUT2D eigenvalue weighted by Gasteiger charge is -2.13. The minimum atomic E-state index is -0.503. The number of thiophene rings is 1. The molecule has 0 radical (unpaired) electrons. The van der Waals surface area contributed by atoms with Gasteiger partial charge in [0, 0.05) is 34.3 Å². The van der Waals surface area contributed by atoms with Crippen molar-refractivity contribution in [1.82, 2.24) is 24.5 Å². The maximum atomic E-state index is 12.5. The van der Waals surface area contributed by atoms with Crippen LogP contribution >= 0.6 is 11.3 Å². The van der Waals surface area contributed by atoms with E-state index in [4.69, 9.17) is 9.73 Å². The molecule has 0 spiro atoms. The van der Waals surface area contributed by atoms with Crippen molar-refractivity contribution in [3.63, 3.8) is 0 Å². The van der Waals surface area contributed by atoms with Crippen LogP contribution in [0.2, 0.25) is 0 Å². The van der Waals surface area contributed by atoms with Crippen LogP contribution in [0, 0.1) is 20.8 Å². The Labute approximate surface area is 213 Å². The number of hydrogen-bond donors (Lipinski definition) is 1. The first-order valence-electron chi connectivity index (χ1n) is 12.1. The van der Waals surface area contributed by atoms with Gasteiger partial charge in [-0.1, -0.05) is 12.1 Å². The quantitative estimate of drug-likeness (QED) is 0.354. The van der Waals surface area contributed by atoms with Gasteiger partial charge in [-0.15, -0.1) is 21.5 Å². The summed E-state index contributed by atoms with van der Waals surface area (Å²) in [5.41, 5.74) is 4.99. The molecule has 4 heterocycles. The first-order chi connectivity index (χ1) is 17.4. The Hall–Kier alpha value is -3.79. The van der Waals surface area contributed by atoms with E-state index in [2.05, 4.69) is 53.5 Å². The summed E-state index contributed by atoms with van der Waals surface area (Å²) < 4.78 is 9.21. The lowest BCUT2D eigenvalue weighted by Crippen LogP contribution is -2.13. The van der Waals surface area contributed by atoms with Gasteiger partial charge in [0.25, 0.3) is 0 Å². The van der Waals surface area contributed by atoms with Crippen LogP contribution in [0.15, 0.2) is 41.5 Å². The van der Waals surface area contributed by atoms with Crippen molar-refractivity contribution in [2.24, 2.45) is 4.99 Å². The number of nitrogens with zero attached hydrogens (tertiary/aromatic N) is 6. The second-order valence-corrected chi connectivity index (χ2v) is 9.84. The van der Waals surface area contributed by atoms with Gasteiger partial charge >= 0.3 is 5.97 Å². The van der Waals surface area contributed by atoms with Crippen molar-refractivity contribution in [3.05, 3.63) is 69.7 Å². The summed E-state index contributed by atoms with van der Waals surface area (Å²) in [6.07, 6.45) is 1.89. The van der Waals surface area contributed by atoms with E-state index in [-0.39, 0.29) is 12.4 Å². The predicted molar refractivity (Wildman–Crippen MR) is 141 cm³/mol. The lowest BCUT2D eigenvalue weighted by atomic mass is 9.99. The highest BCUT2D eigenvalue weighted by atomic mass is 32.1. The van der Waals surface area contributed by atoms with Gasteiger partial charge in [0.05, 0.1) is 24.9 Å². The van der Waals surface area contributed by atoms with E-state index in [9.17, 15) is 4.79 Å². The number of ether oxygens (including phenoxy) is 1. The van der Waals surface area contributed by atoms with Gasteiger partial charge in [0.15, 0.2) is 5.82 Å². The van der Waals surface area contributed by atoms with Crippen molar-refractivity contribution >= 4 is 34.5 Å². The fraction of sp³-hybridized carbons (Fsp3) is 0.346. The zero-order chi connectivity index (χ0) is 25.4. The van der Waals surface area contributed by atoms with Gasteiger partial charge in [0.1, 0.15) is 22.7 Å². The first kappa shape index (κ1) is 23.9. The molecule has 1 aromatic carbocycles. The van der Waals surface area contributed by atoms with E-state index in [0.29, 0.717) is 12.4 Å². The molecule has 5 rings (SSSR count). The number of aliphatic imine (C=N–C) groups is 1. The van der Waals surface area contributed by atoms with E-state index < -0.39 is 6.04 Å². The van der Waals surface area contributed by atoms with Crippen LogP contribution in [0.4, 0.5) is 11.5 Å². The number of carbonyl (C=O) groups excluding carboxylic acids is 1. The molecule has 0 bridgehead atoms. The van der Waals surface area contributed by atoms with Crippen LogP contribution in [0.5, 0.6) is 0 Å². The third kappa shape index (κ3) is 4.21. The van der Waals surface area contributed by atoms with E-state index in [1.165, 1.54) is 10.4 Å². The Morgan fingerprint density at radius 1 is 1.11 bits per heavy atom. The summed E-state index contributed by atoms with van der Waals surface area (Å²) in [6, 6.07) is 9.64. The first-order valence-corrected chi connectivity index (χ1v) is 12.9. The highest BCUT2D eigenvalue weighted by Gasteiger charge is 2.32. The number of nitrogens with one attached hydrogen (secondary N) is 1. The summed E-state index contributed by atoms with van der Waals surface area (Å²) in [4.78, 5) is 18.8. The minimum Gasteiger partial charge on any atom is -0.466 e. The molecule has 4 aromatic rings. The second kappa shape index (κ2) is 9.69. The molecule has 0 fully saturated rings. The summed E-state index contributed by atoms with van der Waals surface area (Å²) in [5, 5.41) is 17.5. The molecule has 10 heteroatoms. The molecule has 9 nitrogen and oxygen atoms in total. The van der Waals surface area contributed by atoms with E-state index in [1.54, 1.807) is 24.5 Å². The molecule has 3 aromatic heterocycles. The fourth-order valence-corrected chi connectivity index (χ4v) is 5.67. The fourth-order valence-electron chi connectivity index (χ4n) is 4.45. The Morgan fingerprint density at radius 3 is 2.61 bits per heavy atom. The Bertz CT molecular complexity index is 1450. The number of hydrogen-bond acceptors (Lipinski definition) is 8. The van der Waals surface area contributed by atoms with Crippen molar-refractivity contribution in [2.45, 2.75) is 53.6 Å². The van der Waals surface area contributed by atoms with Crippen LogP contribution in [-0.2, 0) is 16.1 Å². The minimum absolute atomic E-state index is 0.100. The van der Waals surface area contributed by atoms with Gasteiger partial charge in [-0.05, 0) is 52.3 Å². The van der Waals surface area contributed by atoms with Crippen molar-refractivity contribution in [1.29, 1.82) is 0 Å². The summed E-state index contributed by atoms with van der Waals surface area (Å²) in [6.45, 7) is 11.1. The van der Waals surface area contributed by atoms with Crippen molar-refractivity contribution in [3.8, 4) is 5.00 Å². The van der Waals surface area contributed by atoms with Crippen LogP contribution in [0.1, 0.15) is 59.5 Å². The van der Waals surface area contributed by atoms with Crippen LogP contribution in [0.25, 0.3) is 5.00 Å². The molecule has 1 atom stereocenters. The average molecular weight is 504 g/mol. The molecule has 0 aliphatic carbocycles. The Kier molecular flexibility index (Phi) is 6.44. The molecule has 1 aliphatic rings. The van der Waals surface area contributed by atoms with Gasteiger partial charge in [-0.2, -0.15) is 5.10 Å². The molecule has 186 valence electrons. The number of benzene rings is 1. The number of aromatic nitrogens is 5. The normalized spacial score (nSPS) is 14.6. The number of aryl methyl sites for hydroxylation is 3. The highest BCUT2D eigenvalue weighted by Crippen LogP contribution is 2.39. The Balaban J connectivity index is 1.59. The number of esters is 1. The van der Waals surface area contributed by atoms with Gasteiger partial charge in [0.2, 0.25) is 0 Å². The van der Waals surface area contributed by atoms with Gasteiger partial charge in [-0.25, -0.2) is 4.68 Å². The molecule has 0 saturated carbocycles. The standard InChI is InChI=1S/C26H29N7O2S/c1-6-32-21(12-13-27-32)28-19-10-8-18(9-11-19)24-23-15(3)16(4)36-26(23)33-17(5)30-31-25(33)20(29-24)14-22(34)35-7-2/h8-13,20,28H,6-7,14H2,1-5H3/t20-/m0/s1. The predicted octanol–water partition coefficient (Wildman–Crippen LogP) is 5.06. The number of rotatable bonds is 7. The van der Waals surface area contributed by atoms with Crippen LogP contribution < -0.4 is 5.32 Å². The van der Waals surface area contributed by atoms with Crippen LogP contribution in [-0.4, -0.2) is 42.8 Å². The van der Waals surface area contributed by atoms with Gasteiger partial charge in [-0.3, -0.25) is 14.4 Å². The molecule has 1 aliphatic heterocycles. The monoisotopic (exact) mass is 503 g/mol. The maximum Gasteiger partial charge on any atom is 0.308 e. The topological polar surface area (TPSA) is 99.2 Å². The van der Waals surface area contributed by atoms with E-state index >= 15 is 0 Å². The molecule has 0 saturated heterocycles. The SMILES string of the molecule is CCOC(=O)C[C@@H]1N=C(c2ccc(Nc3ccnn3CC)cc2)c2c(sc(C)c2C)-n2c(C)nnc21. The zero-order valence-electron chi connectivity index (χ0n) is 21.1. The van der Waals surface area contributed by atoms with Crippen molar-refractivity contribution in [2.75, 3.05) is 11.9 Å². The number of carbonyl (C=O) groups is 1. The second-order valence-electron chi connectivity index (χ2n) is 8.64. The average Bonchev–Trinajstić information content (AvgIpc) is 3.53. The number of fused-ring (bicyclic) bond motifs is 3. The maximum absolute atomic E-state index is 12.5. The smallest absolute Gasteiger partial charge is 0.308 e. The third-order valence-electron chi connectivity index (χ3n) is 6.35. The highest BCUT2D eigenvalue weighted by molar-refractivity contribution is 7.15. The van der Waals surface area contributed by atoms with E-state index in [1.807, 2.05) is 34.4 Å². The van der Waals surface area contributed by atoms with Gasteiger partial charge < -0.3 is 10.1 Å². The van der Waals surface area contributed by atoms with E-state index in [0.717, 1.165) is 45.7 Å². The Morgan fingerprint density at radius 2 is 1.89 bits per heavy atom. The molecule has 0 unspecified atom stereocenters. The summed E-state index contributed by atoms with van der Waals surface area (Å²) in [5.74, 6) is 2.06. The zero-order valence-corrected chi connectivity index (χ0v) is 21.9. The third-order valence-corrected chi connectivity index (χ3v) is 7.54. The molecule has 1 N–H and O–H groups in total.